The third-order valence-corrected chi connectivity index (χ3v) is 2.55. The lowest BCUT2D eigenvalue weighted by Gasteiger charge is -2.10. The number of benzene rings is 1. The molecule has 0 aliphatic heterocycles. The van der Waals surface area contributed by atoms with Gasteiger partial charge in [0.1, 0.15) is 0 Å². The standard InChI is InChI=1S/C16H17NO3/c1-5-9-14(15(6-2)19-3)17-13-11-8-7-10-12(13)16(18)20-4/h2,5,7-11,15H,1,3-4H3/b9-5-,17-14?. The normalized spacial score (nSPS) is 13.0. The predicted octanol–water partition coefficient (Wildman–Crippen LogP) is 2.77. The average Bonchev–Trinajstić information content (AvgIpc) is 2.48. The van der Waals surface area contributed by atoms with Gasteiger partial charge in [0.15, 0.2) is 6.10 Å². The number of carbonyl (C=O) groups excluding carboxylic acids is 1. The van der Waals surface area contributed by atoms with E-state index in [1.165, 1.54) is 14.2 Å². The molecular weight excluding hydrogens is 254 g/mol. The van der Waals surface area contributed by atoms with E-state index in [-0.39, 0.29) is 0 Å². The number of hydrogen-bond acceptors (Lipinski definition) is 4. The molecule has 1 aromatic rings. The first kappa shape index (κ1) is 15.7. The van der Waals surface area contributed by atoms with Gasteiger partial charge in [-0.3, -0.25) is 0 Å². The molecule has 0 saturated carbocycles. The van der Waals surface area contributed by atoms with Crippen LogP contribution in [-0.2, 0) is 9.47 Å². The summed E-state index contributed by atoms with van der Waals surface area (Å²) in [6.07, 6.45) is 8.40. The van der Waals surface area contributed by atoms with Gasteiger partial charge in [-0.2, -0.15) is 0 Å². The number of ether oxygens (including phenoxy) is 2. The Morgan fingerprint density at radius 1 is 1.40 bits per heavy atom. The summed E-state index contributed by atoms with van der Waals surface area (Å²) in [6.45, 7) is 1.85. The average molecular weight is 271 g/mol. The van der Waals surface area contributed by atoms with Crippen molar-refractivity contribution in [1.29, 1.82) is 0 Å². The van der Waals surface area contributed by atoms with Crippen LogP contribution in [0.25, 0.3) is 0 Å². The van der Waals surface area contributed by atoms with E-state index < -0.39 is 12.1 Å². The van der Waals surface area contributed by atoms with Crippen molar-refractivity contribution < 1.29 is 14.3 Å². The fourth-order valence-electron chi connectivity index (χ4n) is 1.62. The Labute approximate surface area is 119 Å². The Hall–Kier alpha value is -2.38. The largest absolute Gasteiger partial charge is 0.465 e. The molecule has 0 heterocycles. The van der Waals surface area contributed by atoms with Crippen LogP contribution in [0.5, 0.6) is 0 Å². The Morgan fingerprint density at radius 3 is 2.65 bits per heavy atom. The van der Waals surface area contributed by atoms with Gasteiger partial charge in [-0.1, -0.05) is 24.1 Å². The third kappa shape index (κ3) is 3.81. The molecule has 1 aromatic carbocycles. The van der Waals surface area contributed by atoms with Crippen molar-refractivity contribution in [3.05, 3.63) is 42.0 Å². The van der Waals surface area contributed by atoms with Crippen molar-refractivity contribution in [2.75, 3.05) is 14.2 Å². The lowest BCUT2D eigenvalue weighted by Crippen LogP contribution is -2.19. The Balaban J connectivity index is 3.31. The van der Waals surface area contributed by atoms with Gasteiger partial charge in [0, 0.05) is 7.11 Å². The molecule has 0 aromatic heterocycles. The van der Waals surface area contributed by atoms with E-state index in [9.17, 15) is 4.79 Å². The number of carbonyl (C=O) groups is 1. The van der Waals surface area contributed by atoms with Crippen molar-refractivity contribution >= 4 is 17.4 Å². The van der Waals surface area contributed by atoms with Crippen LogP contribution < -0.4 is 0 Å². The first-order valence-corrected chi connectivity index (χ1v) is 6.05. The fourth-order valence-corrected chi connectivity index (χ4v) is 1.62. The molecule has 0 bridgehead atoms. The highest BCUT2D eigenvalue weighted by Crippen LogP contribution is 2.20. The lowest BCUT2D eigenvalue weighted by atomic mass is 10.1. The van der Waals surface area contributed by atoms with E-state index in [1.807, 2.05) is 13.0 Å². The van der Waals surface area contributed by atoms with Crippen molar-refractivity contribution in [3.8, 4) is 12.3 Å². The van der Waals surface area contributed by atoms with E-state index in [0.29, 0.717) is 17.0 Å². The van der Waals surface area contributed by atoms with Gasteiger partial charge in [0.2, 0.25) is 0 Å². The van der Waals surface area contributed by atoms with Crippen molar-refractivity contribution in [2.24, 2.45) is 4.99 Å². The van der Waals surface area contributed by atoms with Gasteiger partial charge in [-0.15, -0.1) is 6.42 Å². The van der Waals surface area contributed by atoms with Crippen LogP contribution in [0.3, 0.4) is 0 Å². The van der Waals surface area contributed by atoms with Crippen LogP contribution in [0, 0.1) is 12.3 Å². The van der Waals surface area contributed by atoms with E-state index in [0.717, 1.165) is 0 Å². The highest BCUT2D eigenvalue weighted by molar-refractivity contribution is 6.04. The third-order valence-electron chi connectivity index (χ3n) is 2.55. The Morgan fingerprint density at radius 2 is 2.10 bits per heavy atom. The number of hydrogen-bond donors (Lipinski definition) is 0. The Bertz CT molecular complexity index is 567. The highest BCUT2D eigenvalue weighted by atomic mass is 16.5. The first-order chi connectivity index (χ1) is 9.67. The van der Waals surface area contributed by atoms with Crippen molar-refractivity contribution in [3.63, 3.8) is 0 Å². The summed E-state index contributed by atoms with van der Waals surface area (Å²) >= 11 is 0. The molecule has 20 heavy (non-hydrogen) atoms. The van der Waals surface area contributed by atoms with Crippen molar-refractivity contribution in [1.82, 2.24) is 0 Å². The van der Waals surface area contributed by atoms with Gasteiger partial charge in [0.05, 0.1) is 24.1 Å². The summed E-state index contributed by atoms with van der Waals surface area (Å²) < 4.78 is 9.91. The van der Waals surface area contributed by atoms with Crippen LogP contribution in [0.1, 0.15) is 17.3 Å². The molecule has 4 heteroatoms. The minimum atomic E-state index is -0.572. The number of esters is 1. The molecule has 0 amide bonds. The summed E-state index contributed by atoms with van der Waals surface area (Å²) in [4.78, 5) is 16.1. The number of aliphatic imine (C=N–C) groups is 1. The quantitative estimate of drug-likeness (QED) is 0.470. The van der Waals surface area contributed by atoms with Gasteiger partial charge in [-0.25, -0.2) is 9.79 Å². The summed E-state index contributed by atoms with van der Waals surface area (Å²) in [5, 5.41) is 0. The molecular formula is C16H17NO3. The molecule has 0 spiro atoms. The van der Waals surface area contributed by atoms with Crippen LogP contribution >= 0.6 is 0 Å². The minimum Gasteiger partial charge on any atom is -0.465 e. The van der Waals surface area contributed by atoms with Crippen LogP contribution in [0.4, 0.5) is 5.69 Å². The van der Waals surface area contributed by atoms with Crippen LogP contribution in [-0.4, -0.2) is 32.0 Å². The fraction of sp³-hybridized carbons (Fsp3) is 0.250. The number of allylic oxidation sites excluding steroid dienone is 1. The van der Waals surface area contributed by atoms with E-state index in [2.05, 4.69) is 10.9 Å². The molecule has 4 nitrogen and oxygen atoms in total. The minimum absolute atomic E-state index is 0.379. The number of terminal acetylenes is 1. The molecule has 0 aliphatic carbocycles. The number of methoxy groups -OCH3 is 2. The molecule has 1 unspecified atom stereocenters. The molecule has 0 saturated heterocycles. The zero-order chi connectivity index (χ0) is 15.0. The summed E-state index contributed by atoms with van der Waals surface area (Å²) in [5.41, 5.74) is 1.42. The summed E-state index contributed by atoms with van der Waals surface area (Å²) in [6, 6.07) is 6.90. The lowest BCUT2D eigenvalue weighted by molar-refractivity contribution is 0.0601. The second-order valence-corrected chi connectivity index (χ2v) is 3.83. The van der Waals surface area contributed by atoms with Gasteiger partial charge >= 0.3 is 5.97 Å². The maximum Gasteiger partial charge on any atom is 0.340 e. The summed E-state index contributed by atoms with van der Waals surface area (Å²) in [5.74, 6) is 2.05. The van der Waals surface area contributed by atoms with E-state index >= 15 is 0 Å². The van der Waals surface area contributed by atoms with Gasteiger partial charge < -0.3 is 9.47 Å². The predicted molar refractivity (Wildman–Crippen MR) is 79.3 cm³/mol. The molecule has 1 rings (SSSR count). The molecule has 104 valence electrons. The smallest absolute Gasteiger partial charge is 0.340 e. The zero-order valence-electron chi connectivity index (χ0n) is 11.8. The SMILES string of the molecule is C#CC(OC)C(/C=C\C)=Nc1ccccc1C(=O)OC. The second kappa shape index (κ2) is 7.93. The van der Waals surface area contributed by atoms with Crippen LogP contribution in [0.2, 0.25) is 0 Å². The van der Waals surface area contributed by atoms with E-state index in [4.69, 9.17) is 15.9 Å². The molecule has 0 aliphatic rings. The van der Waals surface area contributed by atoms with E-state index in [1.54, 1.807) is 30.3 Å². The molecule has 0 N–H and O–H groups in total. The molecule has 0 fully saturated rings. The van der Waals surface area contributed by atoms with Gasteiger partial charge in [0.25, 0.3) is 0 Å². The van der Waals surface area contributed by atoms with Gasteiger partial charge in [-0.05, 0) is 25.1 Å². The van der Waals surface area contributed by atoms with Crippen LogP contribution in [0.15, 0.2) is 41.4 Å². The molecule has 1 atom stereocenters. The maximum absolute atomic E-state index is 11.7. The Kier molecular flexibility index (Phi) is 6.21. The monoisotopic (exact) mass is 271 g/mol. The maximum atomic E-state index is 11.7. The number of para-hydroxylation sites is 1. The number of rotatable bonds is 5. The zero-order valence-corrected chi connectivity index (χ0v) is 11.8. The van der Waals surface area contributed by atoms with Crippen molar-refractivity contribution in [2.45, 2.75) is 13.0 Å². The molecule has 0 radical (unpaired) electrons. The second-order valence-electron chi connectivity index (χ2n) is 3.83. The first-order valence-electron chi connectivity index (χ1n) is 6.05. The topological polar surface area (TPSA) is 47.9 Å². The highest BCUT2D eigenvalue weighted by Gasteiger charge is 2.14. The summed E-state index contributed by atoms with van der Waals surface area (Å²) in [7, 11) is 2.84. The number of nitrogens with zero attached hydrogens (tertiary/aromatic N) is 1.